The molecule has 1 atom stereocenters. The van der Waals surface area contributed by atoms with Crippen molar-refractivity contribution in [2.45, 2.75) is 19.1 Å². The summed E-state index contributed by atoms with van der Waals surface area (Å²) in [5.41, 5.74) is 0.774. The Morgan fingerprint density at radius 1 is 1.57 bits per heavy atom. The monoisotopic (exact) mass is 293 g/mol. The predicted octanol–water partition coefficient (Wildman–Crippen LogP) is 0.932. The minimum atomic E-state index is -0.438. The number of nitro benzene ring substituents is 1. The Hall–Kier alpha value is -1.99. The van der Waals surface area contributed by atoms with Crippen LogP contribution in [0.4, 0.5) is 5.69 Å². The van der Waals surface area contributed by atoms with Crippen LogP contribution in [0, 0.1) is 10.1 Å². The first-order valence-electron chi connectivity index (χ1n) is 6.86. The van der Waals surface area contributed by atoms with Crippen molar-refractivity contribution in [1.29, 1.82) is 0 Å². The molecule has 0 spiro atoms. The van der Waals surface area contributed by atoms with E-state index in [1.165, 1.54) is 12.1 Å². The van der Waals surface area contributed by atoms with Gasteiger partial charge in [0.1, 0.15) is 0 Å². The second kappa shape index (κ2) is 7.14. The number of carbonyl (C=O) groups excluding carboxylic acids is 1. The Bertz CT molecular complexity index is 515. The van der Waals surface area contributed by atoms with Gasteiger partial charge in [-0.3, -0.25) is 14.9 Å². The fraction of sp³-hybridized carbons (Fsp3) is 0.500. The lowest BCUT2D eigenvalue weighted by atomic mass is 10.1. The molecule has 1 fully saturated rings. The molecule has 1 N–H and O–H groups in total. The highest BCUT2D eigenvalue weighted by Crippen LogP contribution is 2.15. The topological polar surface area (TPSA) is 84.7 Å². The van der Waals surface area contributed by atoms with Crippen LogP contribution >= 0.6 is 0 Å². The molecular weight excluding hydrogens is 274 g/mol. The van der Waals surface area contributed by atoms with Crippen LogP contribution < -0.4 is 5.32 Å². The smallest absolute Gasteiger partial charge is 0.269 e. The molecule has 0 radical (unpaired) electrons. The van der Waals surface area contributed by atoms with Crippen molar-refractivity contribution >= 4 is 11.6 Å². The number of nitrogens with zero attached hydrogens (tertiary/aromatic N) is 2. The van der Waals surface area contributed by atoms with Crippen LogP contribution in [0.3, 0.4) is 0 Å². The molecule has 21 heavy (non-hydrogen) atoms. The summed E-state index contributed by atoms with van der Waals surface area (Å²) in [4.78, 5) is 24.0. The third-order valence-electron chi connectivity index (χ3n) is 3.37. The van der Waals surface area contributed by atoms with Gasteiger partial charge in [-0.25, -0.2) is 0 Å². The molecule has 0 aromatic heterocycles. The van der Waals surface area contributed by atoms with E-state index < -0.39 is 4.92 Å². The highest BCUT2D eigenvalue weighted by Gasteiger charge is 2.20. The normalized spacial score (nSPS) is 18.2. The van der Waals surface area contributed by atoms with Gasteiger partial charge in [-0.2, -0.15) is 0 Å². The first-order valence-corrected chi connectivity index (χ1v) is 6.86. The van der Waals surface area contributed by atoms with Gasteiger partial charge in [-0.1, -0.05) is 12.1 Å². The number of carbonyl (C=O) groups is 1. The highest BCUT2D eigenvalue weighted by atomic mass is 16.6. The van der Waals surface area contributed by atoms with Gasteiger partial charge in [0.25, 0.3) is 5.69 Å². The van der Waals surface area contributed by atoms with Crippen LogP contribution in [0.15, 0.2) is 24.3 Å². The molecule has 1 unspecified atom stereocenters. The Kier molecular flexibility index (Phi) is 5.24. The summed E-state index contributed by atoms with van der Waals surface area (Å²) in [5, 5.41) is 13.9. The average molecular weight is 293 g/mol. The summed E-state index contributed by atoms with van der Waals surface area (Å²) in [6.45, 7) is 2.46. The van der Waals surface area contributed by atoms with Crippen LogP contribution in [-0.4, -0.2) is 48.6 Å². The molecule has 7 nitrogen and oxygen atoms in total. The van der Waals surface area contributed by atoms with Crippen molar-refractivity contribution in [3.8, 4) is 0 Å². The molecule has 1 amide bonds. The maximum atomic E-state index is 12.1. The number of non-ortho nitro benzene ring substituents is 1. The number of benzene rings is 1. The molecule has 114 valence electrons. The fourth-order valence-corrected chi connectivity index (χ4v) is 2.23. The average Bonchev–Trinajstić information content (AvgIpc) is 2.48. The van der Waals surface area contributed by atoms with Gasteiger partial charge < -0.3 is 15.0 Å². The molecule has 0 aliphatic carbocycles. The minimum Gasteiger partial charge on any atom is -0.375 e. The van der Waals surface area contributed by atoms with E-state index >= 15 is 0 Å². The van der Waals surface area contributed by atoms with Crippen LogP contribution in [0.2, 0.25) is 0 Å². The summed E-state index contributed by atoms with van der Waals surface area (Å²) in [6.07, 6.45) is 0.220. The number of nitro groups is 1. The van der Waals surface area contributed by atoms with Crippen molar-refractivity contribution in [1.82, 2.24) is 10.2 Å². The van der Waals surface area contributed by atoms with Gasteiger partial charge in [0.05, 0.1) is 24.1 Å². The quantitative estimate of drug-likeness (QED) is 0.645. The summed E-state index contributed by atoms with van der Waals surface area (Å²) >= 11 is 0. The van der Waals surface area contributed by atoms with Gasteiger partial charge in [0.2, 0.25) is 5.91 Å². The molecule has 1 saturated heterocycles. The fourth-order valence-electron chi connectivity index (χ4n) is 2.23. The maximum Gasteiger partial charge on any atom is 0.269 e. The second-order valence-corrected chi connectivity index (χ2v) is 5.08. The van der Waals surface area contributed by atoms with E-state index in [2.05, 4.69) is 5.32 Å². The lowest BCUT2D eigenvalue weighted by Gasteiger charge is -2.25. The van der Waals surface area contributed by atoms with E-state index in [-0.39, 0.29) is 17.7 Å². The molecule has 1 aromatic rings. The first kappa shape index (κ1) is 15.4. The third-order valence-corrected chi connectivity index (χ3v) is 3.37. The second-order valence-electron chi connectivity index (χ2n) is 5.08. The molecule has 2 rings (SSSR count). The largest absolute Gasteiger partial charge is 0.375 e. The van der Waals surface area contributed by atoms with E-state index in [1.54, 1.807) is 24.1 Å². The van der Waals surface area contributed by atoms with Crippen LogP contribution in [0.5, 0.6) is 0 Å². The Labute approximate surface area is 123 Å². The van der Waals surface area contributed by atoms with Gasteiger partial charge in [0.15, 0.2) is 0 Å². The lowest BCUT2D eigenvalue weighted by Crippen LogP contribution is -2.41. The summed E-state index contributed by atoms with van der Waals surface area (Å²) in [6, 6.07) is 6.32. The zero-order valence-electron chi connectivity index (χ0n) is 11.9. The van der Waals surface area contributed by atoms with Crippen molar-refractivity contribution in [3.63, 3.8) is 0 Å². The molecule has 1 aromatic carbocycles. The number of hydrogen-bond donors (Lipinski definition) is 1. The van der Waals surface area contributed by atoms with Crippen molar-refractivity contribution in [2.24, 2.45) is 0 Å². The number of hydrogen-bond acceptors (Lipinski definition) is 5. The molecule has 1 aliphatic rings. The number of nitrogens with one attached hydrogen (secondary N) is 1. The summed E-state index contributed by atoms with van der Waals surface area (Å²) < 4.78 is 5.50. The van der Waals surface area contributed by atoms with E-state index in [1.807, 2.05) is 0 Å². The number of morpholine rings is 1. The molecule has 0 saturated carbocycles. The SMILES string of the molecule is CN(Cc1cccc([N+](=O)[O-])c1)C(=O)CC1CNCCO1. The van der Waals surface area contributed by atoms with E-state index in [0.717, 1.165) is 12.1 Å². The van der Waals surface area contributed by atoms with E-state index in [4.69, 9.17) is 4.74 Å². The molecule has 0 bridgehead atoms. The number of rotatable bonds is 5. The Balaban J connectivity index is 1.90. The summed E-state index contributed by atoms with van der Waals surface area (Å²) in [7, 11) is 1.69. The highest BCUT2D eigenvalue weighted by molar-refractivity contribution is 5.76. The number of ether oxygens (including phenoxy) is 1. The zero-order valence-corrected chi connectivity index (χ0v) is 11.9. The lowest BCUT2D eigenvalue weighted by molar-refractivity contribution is -0.384. The molecular formula is C14H19N3O4. The molecule has 1 aliphatic heterocycles. The van der Waals surface area contributed by atoms with Crippen molar-refractivity contribution < 1.29 is 14.5 Å². The third kappa shape index (κ3) is 4.51. The zero-order chi connectivity index (χ0) is 15.2. The maximum absolute atomic E-state index is 12.1. The van der Waals surface area contributed by atoms with Gasteiger partial charge >= 0.3 is 0 Å². The van der Waals surface area contributed by atoms with Crippen molar-refractivity contribution in [3.05, 3.63) is 39.9 Å². The number of amides is 1. The van der Waals surface area contributed by atoms with E-state index in [9.17, 15) is 14.9 Å². The van der Waals surface area contributed by atoms with Gasteiger partial charge in [0, 0.05) is 38.8 Å². The van der Waals surface area contributed by atoms with Crippen LogP contribution in [0.1, 0.15) is 12.0 Å². The first-order chi connectivity index (χ1) is 10.1. The molecule has 1 heterocycles. The minimum absolute atomic E-state index is 0.0322. The predicted molar refractivity (Wildman–Crippen MR) is 76.8 cm³/mol. The Morgan fingerprint density at radius 2 is 2.38 bits per heavy atom. The van der Waals surface area contributed by atoms with Crippen molar-refractivity contribution in [2.75, 3.05) is 26.7 Å². The van der Waals surface area contributed by atoms with E-state index in [0.29, 0.717) is 26.1 Å². The van der Waals surface area contributed by atoms with Crippen LogP contribution in [0.25, 0.3) is 0 Å². The van der Waals surface area contributed by atoms with Gasteiger partial charge in [-0.15, -0.1) is 0 Å². The molecule has 7 heteroatoms. The standard InChI is InChI=1S/C14H19N3O4/c1-16(14(18)8-13-9-15-5-6-21-13)10-11-3-2-4-12(7-11)17(19)20/h2-4,7,13,15H,5-6,8-10H2,1H3. The van der Waals surface area contributed by atoms with Crippen LogP contribution in [-0.2, 0) is 16.1 Å². The summed E-state index contributed by atoms with van der Waals surface area (Å²) in [5.74, 6) is -0.0322. The van der Waals surface area contributed by atoms with Gasteiger partial charge in [-0.05, 0) is 5.56 Å². The Morgan fingerprint density at radius 3 is 3.05 bits per heavy atom.